The molecular weight excluding hydrogens is 344 g/mol. The second-order valence-corrected chi connectivity index (χ2v) is 6.43. The van der Waals surface area contributed by atoms with Gasteiger partial charge in [-0.1, -0.05) is 19.1 Å². The zero-order valence-electron chi connectivity index (χ0n) is 10.9. The average Bonchev–Trinajstić information content (AvgIpc) is 2.44. The Morgan fingerprint density at radius 1 is 1.15 bits per heavy atom. The Bertz CT molecular complexity index is 602. The predicted molar refractivity (Wildman–Crippen MR) is 82.9 cm³/mol. The highest BCUT2D eigenvalue weighted by Crippen LogP contribution is 2.30. The van der Waals surface area contributed by atoms with Gasteiger partial charge in [-0.3, -0.25) is 0 Å². The van der Waals surface area contributed by atoms with Crippen LogP contribution in [0.5, 0.6) is 0 Å². The Kier molecular flexibility index (Phi) is 5.18. The second-order valence-electron chi connectivity index (χ2n) is 4.24. The fourth-order valence-electron chi connectivity index (χ4n) is 1.93. The van der Waals surface area contributed by atoms with Crippen LogP contribution in [0.3, 0.4) is 0 Å². The van der Waals surface area contributed by atoms with Crippen LogP contribution in [0.1, 0.15) is 24.1 Å². The topological polar surface area (TPSA) is 26.0 Å². The van der Waals surface area contributed by atoms with Crippen LogP contribution in [0.25, 0.3) is 0 Å². The predicted octanol–water partition coefficient (Wildman–Crippen LogP) is 4.89. The number of thioether (sulfide) groups is 1. The smallest absolute Gasteiger partial charge is 0.145 e. The van der Waals surface area contributed by atoms with Crippen LogP contribution < -0.4 is 5.73 Å². The van der Waals surface area contributed by atoms with Crippen LogP contribution in [0.2, 0.25) is 0 Å². The number of benzene rings is 2. The lowest BCUT2D eigenvalue weighted by Crippen LogP contribution is -2.16. The Labute approximate surface area is 129 Å². The Balaban J connectivity index is 2.36. The van der Waals surface area contributed by atoms with Gasteiger partial charge in [-0.15, -0.1) is 11.8 Å². The minimum atomic E-state index is -0.826. The molecule has 0 spiro atoms. The van der Waals surface area contributed by atoms with E-state index in [0.717, 1.165) is 10.6 Å². The fraction of sp³-hybridized carbons (Fsp3) is 0.200. The first-order chi connectivity index (χ1) is 9.54. The summed E-state index contributed by atoms with van der Waals surface area (Å²) in [5.74, 6) is -0.310. The molecule has 0 heterocycles. The van der Waals surface area contributed by atoms with Crippen molar-refractivity contribution in [2.45, 2.75) is 17.9 Å². The largest absolute Gasteiger partial charge is 0.320 e. The van der Waals surface area contributed by atoms with Crippen molar-refractivity contribution in [3.05, 3.63) is 63.6 Å². The lowest BCUT2D eigenvalue weighted by molar-refractivity contribution is 0.539. The Morgan fingerprint density at radius 3 is 2.40 bits per heavy atom. The highest BCUT2D eigenvalue weighted by molar-refractivity contribution is 9.10. The van der Waals surface area contributed by atoms with E-state index in [1.165, 1.54) is 12.1 Å². The number of halogens is 3. The van der Waals surface area contributed by atoms with E-state index in [1.54, 1.807) is 11.8 Å². The maximum atomic E-state index is 14.0. The average molecular weight is 358 g/mol. The second kappa shape index (κ2) is 6.70. The summed E-state index contributed by atoms with van der Waals surface area (Å²) in [6.07, 6.45) is 0. The maximum absolute atomic E-state index is 14.0. The Morgan fingerprint density at radius 2 is 1.80 bits per heavy atom. The van der Waals surface area contributed by atoms with E-state index < -0.39 is 17.7 Å². The molecule has 1 nitrogen and oxygen atoms in total. The van der Waals surface area contributed by atoms with Crippen molar-refractivity contribution in [1.82, 2.24) is 0 Å². The number of hydrogen-bond donors (Lipinski definition) is 1. The molecule has 2 rings (SSSR count). The van der Waals surface area contributed by atoms with Crippen LogP contribution >= 0.6 is 27.7 Å². The van der Waals surface area contributed by atoms with Gasteiger partial charge < -0.3 is 5.73 Å². The summed E-state index contributed by atoms with van der Waals surface area (Å²) in [6.45, 7) is 2.07. The number of rotatable bonds is 4. The van der Waals surface area contributed by atoms with Crippen LogP contribution in [-0.2, 0) is 0 Å². The lowest BCUT2D eigenvalue weighted by Gasteiger charge is -2.15. The van der Waals surface area contributed by atoms with Gasteiger partial charge >= 0.3 is 0 Å². The molecule has 0 aromatic heterocycles. The molecule has 0 saturated carbocycles. The molecule has 5 heteroatoms. The van der Waals surface area contributed by atoms with Crippen LogP contribution in [-0.4, -0.2) is 5.75 Å². The van der Waals surface area contributed by atoms with Crippen molar-refractivity contribution in [1.29, 1.82) is 0 Å². The van der Waals surface area contributed by atoms with Gasteiger partial charge in [0.05, 0.1) is 10.5 Å². The van der Waals surface area contributed by atoms with Crippen LogP contribution in [0, 0.1) is 11.6 Å². The Hall–Kier alpha value is -0.910. The van der Waals surface area contributed by atoms with Crippen molar-refractivity contribution >= 4 is 27.7 Å². The monoisotopic (exact) mass is 357 g/mol. The van der Waals surface area contributed by atoms with E-state index in [0.29, 0.717) is 5.56 Å². The van der Waals surface area contributed by atoms with Gasteiger partial charge in [0.15, 0.2) is 0 Å². The molecular formula is C15H14BrF2NS. The summed E-state index contributed by atoms with van der Waals surface area (Å²) in [6, 6.07) is 9.17. The van der Waals surface area contributed by atoms with Crippen molar-refractivity contribution in [2.75, 3.05) is 5.75 Å². The summed E-state index contributed by atoms with van der Waals surface area (Å²) in [4.78, 5) is 1.11. The highest BCUT2D eigenvalue weighted by atomic mass is 79.9. The number of nitrogens with two attached hydrogens (primary N) is 1. The van der Waals surface area contributed by atoms with Gasteiger partial charge in [0, 0.05) is 10.5 Å². The van der Waals surface area contributed by atoms with Gasteiger partial charge in [0.1, 0.15) is 11.6 Å². The molecule has 0 aliphatic carbocycles. The van der Waals surface area contributed by atoms with E-state index in [9.17, 15) is 8.78 Å². The minimum Gasteiger partial charge on any atom is -0.320 e. The van der Waals surface area contributed by atoms with Crippen molar-refractivity contribution in [3.63, 3.8) is 0 Å². The van der Waals surface area contributed by atoms with Gasteiger partial charge in [0.2, 0.25) is 0 Å². The van der Waals surface area contributed by atoms with E-state index >= 15 is 0 Å². The van der Waals surface area contributed by atoms with Gasteiger partial charge in [-0.2, -0.15) is 0 Å². The summed E-state index contributed by atoms with van der Waals surface area (Å²) in [5.41, 5.74) is 6.57. The van der Waals surface area contributed by atoms with Gasteiger partial charge in [-0.25, -0.2) is 8.78 Å². The number of hydrogen-bond acceptors (Lipinski definition) is 2. The first-order valence-corrected chi connectivity index (χ1v) is 7.94. The molecule has 106 valence electrons. The molecule has 0 fully saturated rings. The summed E-state index contributed by atoms with van der Waals surface area (Å²) < 4.78 is 28.1. The molecule has 0 bridgehead atoms. The molecule has 2 aromatic rings. The molecule has 0 saturated heterocycles. The van der Waals surface area contributed by atoms with Crippen molar-refractivity contribution in [3.8, 4) is 0 Å². The molecule has 0 aliphatic heterocycles. The molecule has 1 unspecified atom stereocenters. The normalized spacial score (nSPS) is 12.4. The zero-order valence-corrected chi connectivity index (χ0v) is 13.3. The van der Waals surface area contributed by atoms with Crippen molar-refractivity contribution in [2.24, 2.45) is 5.73 Å². The quantitative estimate of drug-likeness (QED) is 0.622. The first kappa shape index (κ1) is 15.5. The zero-order chi connectivity index (χ0) is 14.7. The molecule has 0 radical (unpaired) electrons. The highest BCUT2D eigenvalue weighted by Gasteiger charge is 2.20. The van der Waals surface area contributed by atoms with Gasteiger partial charge in [0.25, 0.3) is 0 Å². The minimum absolute atomic E-state index is 0.115. The van der Waals surface area contributed by atoms with E-state index in [-0.39, 0.29) is 10.0 Å². The molecule has 20 heavy (non-hydrogen) atoms. The van der Waals surface area contributed by atoms with E-state index in [1.807, 2.05) is 24.3 Å². The summed E-state index contributed by atoms with van der Waals surface area (Å²) in [7, 11) is 0. The molecule has 0 amide bonds. The van der Waals surface area contributed by atoms with E-state index in [4.69, 9.17) is 5.73 Å². The van der Waals surface area contributed by atoms with Crippen LogP contribution in [0.4, 0.5) is 8.78 Å². The van der Waals surface area contributed by atoms with Gasteiger partial charge in [-0.05, 0) is 51.5 Å². The standard InChI is InChI=1S/C15H14BrF2NS/c1-2-20-10-5-3-9(4-6-10)15(19)13-12(17)8-7-11(16)14(13)18/h3-8,15H,2,19H2,1H3. The third kappa shape index (κ3) is 3.22. The molecule has 2 aromatic carbocycles. The fourth-order valence-corrected chi connectivity index (χ4v) is 2.94. The van der Waals surface area contributed by atoms with Crippen LogP contribution in [0.15, 0.2) is 45.8 Å². The molecule has 2 N–H and O–H groups in total. The third-order valence-electron chi connectivity index (χ3n) is 2.94. The first-order valence-electron chi connectivity index (χ1n) is 6.16. The SMILES string of the molecule is CCSc1ccc(C(N)c2c(F)ccc(Br)c2F)cc1. The van der Waals surface area contributed by atoms with Crippen molar-refractivity contribution < 1.29 is 8.78 Å². The molecule has 0 aliphatic rings. The molecule has 1 atom stereocenters. The third-order valence-corrected chi connectivity index (χ3v) is 4.45. The maximum Gasteiger partial charge on any atom is 0.145 e. The summed E-state index contributed by atoms with van der Waals surface area (Å²) >= 11 is 4.76. The summed E-state index contributed by atoms with van der Waals surface area (Å²) in [5, 5.41) is 0. The van der Waals surface area contributed by atoms with E-state index in [2.05, 4.69) is 22.9 Å². The lowest BCUT2D eigenvalue weighted by atomic mass is 9.99.